The van der Waals surface area contributed by atoms with E-state index in [1.54, 1.807) is 72.4 Å². The molecular formula is C29H25F2N3O5S. The van der Waals surface area contributed by atoms with E-state index in [4.69, 9.17) is 9.84 Å². The summed E-state index contributed by atoms with van der Waals surface area (Å²) in [4.78, 5) is 13.5. The van der Waals surface area contributed by atoms with E-state index in [0.29, 0.717) is 33.4 Å². The van der Waals surface area contributed by atoms with E-state index in [1.165, 1.54) is 12.3 Å². The minimum atomic E-state index is -3.84. The van der Waals surface area contributed by atoms with E-state index in [1.807, 2.05) is 0 Å². The molecule has 0 unspecified atom stereocenters. The number of rotatable bonds is 9. The van der Waals surface area contributed by atoms with Gasteiger partial charge in [-0.25, -0.2) is 21.9 Å². The highest BCUT2D eigenvalue weighted by molar-refractivity contribution is 7.91. The number of aryl methyl sites for hydroxylation is 1. The number of nitrogens with zero attached hydrogens (tertiary/aromatic N) is 2. The number of aromatic amines is 1. The maximum Gasteiger partial charge on any atom is 0.303 e. The molecule has 8 nitrogen and oxygen atoms in total. The third kappa shape index (κ3) is 5.32. The number of aliphatic carboxylic acids is 1. The van der Waals surface area contributed by atoms with Crippen LogP contribution in [-0.4, -0.2) is 40.5 Å². The van der Waals surface area contributed by atoms with Crippen LogP contribution in [0.5, 0.6) is 11.5 Å². The van der Waals surface area contributed by atoms with Crippen LogP contribution in [0.1, 0.15) is 36.1 Å². The monoisotopic (exact) mass is 565 g/mol. The molecule has 2 heterocycles. The lowest BCUT2D eigenvalue weighted by Crippen LogP contribution is -2.06. The fourth-order valence-electron chi connectivity index (χ4n) is 4.63. The molecule has 0 aliphatic carbocycles. The molecule has 0 saturated heterocycles. The van der Waals surface area contributed by atoms with Crippen LogP contribution >= 0.6 is 0 Å². The van der Waals surface area contributed by atoms with Crippen LogP contribution in [0.4, 0.5) is 8.78 Å². The lowest BCUT2D eigenvalue weighted by molar-refractivity contribution is -0.136. The second-order valence-electron chi connectivity index (χ2n) is 9.45. The van der Waals surface area contributed by atoms with E-state index < -0.39 is 39.1 Å². The molecule has 0 amide bonds. The Labute approximate surface area is 228 Å². The number of carboxylic acids is 1. The van der Waals surface area contributed by atoms with Crippen molar-refractivity contribution in [2.45, 2.75) is 30.6 Å². The highest BCUT2D eigenvalue weighted by Crippen LogP contribution is 2.38. The number of fused-ring (bicyclic) bond motifs is 1. The first-order chi connectivity index (χ1) is 19.0. The molecule has 0 aliphatic heterocycles. The molecule has 0 saturated carbocycles. The van der Waals surface area contributed by atoms with E-state index in [-0.39, 0.29) is 23.5 Å². The fourth-order valence-corrected chi connectivity index (χ4v) is 5.69. The molecular weight excluding hydrogens is 540 g/mol. The van der Waals surface area contributed by atoms with Crippen molar-refractivity contribution in [1.29, 1.82) is 0 Å². The zero-order valence-corrected chi connectivity index (χ0v) is 22.4. The van der Waals surface area contributed by atoms with Crippen LogP contribution in [0.3, 0.4) is 0 Å². The van der Waals surface area contributed by atoms with Gasteiger partial charge in [0.2, 0.25) is 0 Å². The summed E-state index contributed by atoms with van der Waals surface area (Å²) in [6.07, 6.45) is 4.12. The first-order valence-electron chi connectivity index (χ1n) is 12.4. The number of sulfone groups is 1. The molecule has 0 bridgehead atoms. The van der Waals surface area contributed by atoms with Gasteiger partial charge in [-0.1, -0.05) is 31.2 Å². The van der Waals surface area contributed by atoms with Crippen molar-refractivity contribution >= 4 is 26.7 Å². The number of hydrogen-bond acceptors (Lipinski definition) is 5. The molecule has 40 heavy (non-hydrogen) atoms. The molecule has 1 atom stereocenters. The fraction of sp³-hybridized carbons (Fsp3) is 0.172. The number of carboxylic acid groups (broad SMARTS) is 1. The molecule has 0 spiro atoms. The first kappa shape index (κ1) is 27.1. The van der Waals surface area contributed by atoms with Gasteiger partial charge in [-0.05, 0) is 41.8 Å². The number of H-pyrrole nitrogens is 1. The van der Waals surface area contributed by atoms with Gasteiger partial charge >= 0.3 is 5.97 Å². The van der Waals surface area contributed by atoms with E-state index in [9.17, 15) is 13.2 Å². The molecule has 5 rings (SSSR count). The summed E-state index contributed by atoms with van der Waals surface area (Å²) in [5.74, 6) is -2.92. The summed E-state index contributed by atoms with van der Waals surface area (Å²) in [7, 11) is -3.84. The van der Waals surface area contributed by atoms with Crippen LogP contribution in [-0.2, 0) is 21.1 Å². The maximum atomic E-state index is 15.2. The SMILES string of the molecule is C[C@H](c1ccn(-c2cccc(Oc3c(F)cc4[nH]ccc4c3S(C)(=O)=O)c2)n1)c1cccc(CCC(=O)O)c1F. The van der Waals surface area contributed by atoms with Crippen molar-refractivity contribution < 1.29 is 31.8 Å². The second-order valence-corrected chi connectivity index (χ2v) is 11.4. The summed E-state index contributed by atoms with van der Waals surface area (Å²) in [6, 6.07) is 15.9. The molecule has 2 aromatic heterocycles. The van der Waals surface area contributed by atoms with Crippen LogP contribution in [0.25, 0.3) is 16.6 Å². The molecule has 0 aliphatic rings. The number of benzene rings is 3. The lowest BCUT2D eigenvalue weighted by atomic mass is 9.94. The van der Waals surface area contributed by atoms with Crippen LogP contribution in [0.15, 0.2) is 78.0 Å². The normalized spacial score (nSPS) is 12.5. The molecule has 5 aromatic rings. The Morgan fingerprint density at radius 3 is 2.65 bits per heavy atom. The highest BCUT2D eigenvalue weighted by Gasteiger charge is 2.24. The Bertz CT molecular complexity index is 1850. The smallest absolute Gasteiger partial charge is 0.303 e. The van der Waals surface area contributed by atoms with Crippen LogP contribution in [0.2, 0.25) is 0 Å². The Kier molecular flexibility index (Phi) is 7.16. The summed E-state index contributed by atoms with van der Waals surface area (Å²) in [5, 5.41) is 13.8. The summed E-state index contributed by atoms with van der Waals surface area (Å²) in [6.45, 7) is 1.80. The predicted octanol–water partition coefficient (Wildman–Crippen LogP) is 6.00. The van der Waals surface area contributed by atoms with Crippen molar-refractivity contribution in [2.24, 2.45) is 0 Å². The Balaban J connectivity index is 1.44. The second kappa shape index (κ2) is 10.6. The number of halogens is 2. The number of ether oxygens (including phenoxy) is 1. The van der Waals surface area contributed by atoms with Gasteiger partial charge < -0.3 is 14.8 Å². The third-order valence-electron chi connectivity index (χ3n) is 6.63. The predicted molar refractivity (Wildman–Crippen MR) is 145 cm³/mol. The van der Waals surface area contributed by atoms with Gasteiger partial charge in [-0.15, -0.1) is 0 Å². The Morgan fingerprint density at radius 2 is 1.90 bits per heavy atom. The average molecular weight is 566 g/mol. The summed E-state index contributed by atoms with van der Waals surface area (Å²) >= 11 is 0. The Morgan fingerprint density at radius 1 is 1.12 bits per heavy atom. The van der Waals surface area contributed by atoms with Crippen molar-refractivity contribution in [3.63, 3.8) is 0 Å². The standard InChI is InChI=1S/C29H25F2N3O5S/c1-17(21-8-3-5-18(27(21)31)9-10-26(35)36)24-12-14-34(33-24)19-6-4-7-20(15-19)39-28-23(30)16-25-22(11-13-32-25)29(28)40(2,37)38/h3-8,11-17,32H,9-10H2,1-2H3,(H,35,36)/t17-/m0/s1. The number of hydrogen-bond donors (Lipinski definition) is 2. The zero-order valence-electron chi connectivity index (χ0n) is 21.6. The van der Waals surface area contributed by atoms with Gasteiger partial charge in [0.1, 0.15) is 16.5 Å². The summed E-state index contributed by atoms with van der Waals surface area (Å²) in [5.41, 5.74) is 2.18. The van der Waals surface area contributed by atoms with Crippen molar-refractivity contribution in [1.82, 2.24) is 14.8 Å². The topological polar surface area (TPSA) is 114 Å². The molecule has 0 radical (unpaired) electrons. The number of carbonyl (C=O) groups is 1. The number of aromatic nitrogens is 3. The van der Waals surface area contributed by atoms with Gasteiger partial charge in [0.05, 0.1) is 11.4 Å². The maximum absolute atomic E-state index is 15.2. The Hall–Kier alpha value is -4.51. The van der Waals surface area contributed by atoms with Crippen LogP contribution in [0, 0.1) is 11.6 Å². The molecule has 206 valence electrons. The number of nitrogens with one attached hydrogen (secondary N) is 1. The molecule has 0 fully saturated rings. The van der Waals surface area contributed by atoms with Crippen LogP contribution < -0.4 is 4.74 Å². The van der Waals surface area contributed by atoms with Crippen molar-refractivity contribution in [2.75, 3.05) is 6.26 Å². The van der Waals surface area contributed by atoms with Gasteiger partial charge in [-0.2, -0.15) is 5.10 Å². The minimum Gasteiger partial charge on any atom is -0.481 e. The average Bonchev–Trinajstić information content (AvgIpc) is 3.57. The largest absolute Gasteiger partial charge is 0.481 e. The summed E-state index contributed by atoms with van der Waals surface area (Å²) < 4.78 is 62.6. The highest BCUT2D eigenvalue weighted by atomic mass is 32.2. The van der Waals surface area contributed by atoms with Crippen molar-refractivity contribution in [3.05, 3.63) is 102 Å². The molecule has 3 aromatic carbocycles. The van der Waals surface area contributed by atoms with Gasteiger partial charge in [0.15, 0.2) is 21.4 Å². The van der Waals surface area contributed by atoms with Gasteiger partial charge in [-0.3, -0.25) is 4.79 Å². The molecule has 2 N–H and O–H groups in total. The first-order valence-corrected chi connectivity index (χ1v) is 14.2. The lowest BCUT2D eigenvalue weighted by Gasteiger charge is -2.14. The van der Waals surface area contributed by atoms with Gasteiger partial charge in [0, 0.05) is 54.0 Å². The van der Waals surface area contributed by atoms with E-state index in [2.05, 4.69) is 10.1 Å². The third-order valence-corrected chi connectivity index (χ3v) is 7.77. The molecule has 11 heteroatoms. The van der Waals surface area contributed by atoms with Crippen molar-refractivity contribution in [3.8, 4) is 17.2 Å². The quantitative estimate of drug-likeness (QED) is 0.227. The van der Waals surface area contributed by atoms with E-state index >= 15 is 8.78 Å². The van der Waals surface area contributed by atoms with E-state index in [0.717, 1.165) is 6.26 Å². The zero-order chi connectivity index (χ0) is 28.6. The minimum absolute atomic E-state index is 0.0849. The van der Waals surface area contributed by atoms with Gasteiger partial charge in [0.25, 0.3) is 0 Å².